The normalized spacial score (nSPS) is 10.1. The zero-order valence-corrected chi connectivity index (χ0v) is 10.3. The Morgan fingerprint density at radius 3 is 2.15 bits per heavy atom. The van der Waals surface area contributed by atoms with E-state index in [1.54, 1.807) is 12.1 Å². The minimum absolute atomic E-state index is 0.364. The van der Waals surface area contributed by atoms with E-state index in [-0.39, 0.29) is 5.56 Å². The van der Waals surface area contributed by atoms with E-state index in [1.165, 1.54) is 24.3 Å². The molecule has 20 heavy (non-hydrogen) atoms. The number of halogens is 1. The number of carboxylic acid groups (broad SMARTS) is 1. The summed E-state index contributed by atoms with van der Waals surface area (Å²) in [6.45, 7) is 0. The molecular formula is C14H11FN2O3. The lowest BCUT2D eigenvalue weighted by Crippen LogP contribution is -2.10. The summed E-state index contributed by atoms with van der Waals surface area (Å²) in [5, 5.41) is 11.6. The van der Waals surface area contributed by atoms with Crippen molar-refractivity contribution in [3.8, 4) is 0 Å². The number of carboxylic acids is 1. The minimum Gasteiger partial charge on any atom is -0.478 e. The predicted octanol–water partition coefficient (Wildman–Crippen LogP) is 2.37. The highest BCUT2D eigenvalue weighted by atomic mass is 19.1. The summed E-state index contributed by atoms with van der Waals surface area (Å²) >= 11 is 0. The second kappa shape index (κ2) is 5.40. The summed E-state index contributed by atoms with van der Waals surface area (Å²) in [4.78, 5) is 21.6. The highest BCUT2D eigenvalue weighted by molar-refractivity contribution is 5.93. The largest absolute Gasteiger partial charge is 0.478 e. The van der Waals surface area contributed by atoms with E-state index in [1.807, 2.05) is 0 Å². The number of primary amides is 1. The average molecular weight is 274 g/mol. The molecule has 102 valence electrons. The van der Waals surface area contributed by atoms with Crippen molar-refractivity contribution in [1.29, 1.82) is 0 Å². The number of carbonyl (C=O) groups excluding carboxylic acids is 1. The van der Waals surface area contributed by atoms with Gasteiger partial charge in [0.15, 0.2) is 0 Å². The summed E-state index contributed by atoms with van der Waals surface area (Å²) < 4.78 is 13.5. The molecular weight excluding hydrogens is 263 g/mol. The zero-order chi connectivity index (χ0) is 14.7. The molecule has 0 aliphatic rings. The molecule has 1 amide bonds. The second-order valence-electron chi connectivity index (χ2n) is 4.07. The van der Waals surface area contributed by atoms with Crippen LogP contribution in [0.5, 0.6) is 0 Å². The van der Waals surface area contributed by atoms with Gasteiger partial charge in [-0.05, 0) is 42.5 Å². The summed E-state index contributed by atoms with van der Waals surface area (Å²) in [7, 11) is 0. The molecule has 0 aromatic heterocycles. The first-order chi connectivity index (χ1) is 9.47. The van der Waals surface area contributed by atoms with Crippen molar-refractivity contribution >= 4 is 23.3 Å². The van der Waals surface area contributed by atoms with Gasteiger partial charge < -0.3 is 16.2 Å². The first-order valence-electron chi connectivity index (χ1n) is 5.67. The Balaban J connectivity index is 2.19. The van der Waals surface area contributed by atoms with Crippen LogP contribution in [-0.2, 0) is 0 Å². The predicted molar refractivity (Wildman–Crippen MR) is 71.6 cm³/mol. The van der Waals surface area contributed by atoms with E-state index in [4.69, 9.17) is 10.8 Å². The third-order valence-electron chi connectivity index (χ3n) is 2.66. The maximum Gasteiger partial charge on any atom is 0.338 e. The number of rotatable bonds is 4. The van der Waals surface area contributed by atoms with Gasteiger partial charge in [0.25, 0.3) is 0 Å². The molecule has 0 aliphatic carbocycles. The summed E-state index contributed by atoms with van der Waals surface area (Å²) in [6.07, 6.45) is 0. The highest BCUT2D eigenvalue weighted by Crippen LogP contribution is 2.20. The molecule has 2 aromatic carbocycles. The summed E-state index contributed by atoms with van der Waals surface area (Å²) in [5.41, 5.74) is 6.12. The van der Waals surface area contributed by atoms with Crippen molar-refractivity contribution in [2.45, 2.75) is 0 Å². The van der Waals surface area contributed by atoms with Crippen LogP contribution in [0.15, 0.2) is 42.5 Å². The van der Waals surface area contributed by atoms with Crippen LogP contribution in [0.25, 0.3) is 0 Å². The molecule has 0 bridgehead atoms. The lowest BCUT2D eigenvalue weighted by molar-refractivity contribution is 0.0691. The smallest absolute Gasteiger partial charge is 0.338 e. The number of benzene rings is 2. The van der Waals surface area contributed by atoms with Crippen LogP contribution in [0.3, 0.4) is 0 Å². The molecule has 2 aromatic rings. The van der Waals surface area contributed by atoms with Crippen LogP contribution in [-0.4, -0.2) is 17.0 Å². The van der Waals surface area contributed by atoms with E-state index in [0.717, 1.165) is 6.07 Å². The van der Waals surface area contributed by atoms with Crippen LogP contribution in [0.4, 0.5) is 15.8 Å². The number of carbonyl (C=O) groups is 2. The molecule has 0 atom stereocenters. The van der Waals surface area contributed by atoms with Gasteiger partial charge in [0.05, 0.1) is 5.56 Å². The lowest BCUT2D eigenvalue weighted by atomic mass is 10.1. The van der Waals surface area contributed by atoms with Crippen LogP contribution in [0.1, 0.15) is 20.7 Å². The van der Waals surface area contributed by atoms with Crippen molar-refractivity contribution in [2.24, 2.45) is 5.73 Å². The minimum atomic E-state index is -1.32. The number of hydrogen-bond acceptors (Lipinski definition) is 3. The van der Waals surface area contributed by atoms with E-state index in [0.29, 0.717) is 16.9 Å². The molecule has 4 N–H and O–H groups in total. The zero-order valence-electron chi connectivity index (χ0n) is 10.3. The molecule has 0 saturated carbocycles. The van der Waals surface area contributed by atoms with Gasteiger partial charge in [0, 0.05) is 16.9 Å². The Morgan fingerprint density at radius 2 is 1.65 bits per heavy atom. The van der Waals surface area contributed by atoms with Gasteiger partial charge in [-0.1, -0.05) is 0 Å². The molecule has 0 heterocycles. The Bertz CT molecular complexity index is 669. The van der Waals surface area contributed by atoms with Gasteiger partial charge in [-0.3, -0.25) is 4.79 Å². The van der Waals surface area contributed by atoms with Crippen molar-refractivity contribution in [2.75, 3.05) is 5.32 Å². The Kier molecular flexibility index (Phi) is 3.65. The topological polar surface area (TPSA) is 92.4 Å². The number of anilines is 2. The highest BCUT2D eigenvalue weighted by Gasteiger charge is 2.10. The molecule has 2 rings (SSSR count). The van der Waals surface area contributed by atoms with Crippen molar-refractivity contribution < 1.29 is 19.1 Å². The Labute approximate surface area is 113 Å². The van der Waals surface area contributed by atoms with Gasteiger partial charge in [0.1, 0.15) is 5.82 Å². The maximum absolute atomic E-state index is 13.5. The SMILES string of the molecule is NC(=O)c1ccc(Nc2ccc(C(=O)O)c(F)c2)cc1. The number of aromatic carboxylic acids is 1. The Morgan fingerprint density at radius 1 is 1.05 bits per heavy atom. The first-order valence-corrected chi connectivity index (χ1v) is 5.67. The number of amides is 1. The lowest BCUT2D eigenvalue weighted by Gasteiger charge is -2.08. The van der Waals surface area contributed by atoms with Crippen LogP contribution in [0, 0.1) is 5.82 Å². The van der Waals surface area contributed by atoms with E-state index in [2.05, 4.69) is 5.32 Å². The van der Waals surface area contributed by atoms with Gasteiger partial charge in [0.2, 0.25) is 5.91 Å². The molecule has 0 fully saturated rings. The molecule has 0 aliphatic heterocycles. The monoisotopic (exact) mass is 274 g/mol. The molecule has 0 saturated heterocycles. The van der Waals surface area contributed by atoms with E-state index >= 15 is 0 Å². The van der Waals surface area contributed by atoms with Crippen LogP contribution < -0.4 is 11.1 Å². The fourth-order valence-corrected chi connectivity index (χ4v) is 1.65. The molecule has 0 radical (unpaired) electrons. The molecule has 6 heteroatoms. The third kappa shape index (κ3) is 2.92. The number of hydrogen-bond donors (Lipinski definition) is 3. The van der Waals surface area contributed by atoms with E-state index in [9.17, 15) is 14.0 Å². The molecule has 0 unspecified atom stereocenters. The fraction of sp³-hybridized carbons (Fsp3) is 0. The maximum atomic E-state index is 13.5. The van der Waals surface area contributed by atoms with Gasteiger partial charge >= 0.3 is 5.97 Å². The van der Waals surface area contributed by atoms with Crippen molar-refractivity contribution in [3.63, 3.8) is 0 Å². The van der Waals surface area contributed by atoms with E-state index < -0.39 is 17.7 Å². The van der Waals surface area contributed by atoms with Crippen LogP contribution >= 0.6 is 0 Å². The quantitative estimate of drug-likeness (QED) is 0.798. The standard InChI is InChI=1S/C14H11FN2O3/c15-12-7-10(5-6-11(12)14(19)20)17-9-3-1-8(2-4-9)13(16)18/h1-7,17H,(H2,16,18)(H,19,20). The average Bonchev–Trinajstić information content (AvgIpc) is 2.39. The molecule has 5 nitrogen and oxygen atoms in total. The summed E-state index contributed by atoms with van der Waals surface area (Å²) in [5.74, 6) is -2.68. The van der Waals surface area contributed by atoms with Gasteiger partial charge in [-0.2, -0.15) is 0 Å². The second-order valence-corrected chi connectivity index (χ2v) is 4.07. The number of nitrogens with one attached hydrogen (secondary N) is 1. The van der Waals surface area contributed by atoms with Crippen molar-refractivity contribution in [3.05, 3.63) is 59.4 Å². The number of nitrogens with two attached hydrogens (primary N) is 1. The fourth-order valence-electron chi connectivity index (χ4n) is 1.65. The molecule has 0 spiro atoms. The van der Waals surface area contributed by atoms with Crippen LogP contribution in [0.2, 0.25) is 0 Å². The first kappa shape index (κ1) is 13.5. The third-order valence-corrected chi connectivity index (χ3v) is 2.66. The van der Waals surface area contributed by atoms with Crippen molar-refractivity contribution in [1.82, 2.24) is 0 Å². The van der Waals surface area contributed by atoms with Gasteiger partial charge in [-0.25, -0.2) is 9.18 Å². The summed E-state index contributed by atoms with van der Waals surface area (Å²) in [6, 6.07) is 10.0. The van der Waals surface area contributed by atoms with Gasteiger partial charge in [-0.15, -0.1) is 0 Å². The Hall–Kier alpha value is -2.89.